The van der Waals surface area contributed by atoms with Gasteiger partial charge >= 0.3 is 0 Å². The smallest absolute Gasteiger partial charge is 0.0561 e. The first-order valence-corrected chi connectivity index (χ1v) is 8.53. The van der Waals surface area contributed by atoms with E-state index in [1.807, 2.05) is 36.5 Å². The van der Waals surface area contributed by atoms with Crippen LogP contribution in [0.15, 0.2) is 89.5 Å². The Labute approximate surface area is 148 Å². The summed E-state index contributed by atoms with van der Waals surface area (Å²) in [6.07, 6.45) is 4.20. The molecule has 3 aromatic carbocycles. The van der Waals surface area contributed by atoms with Gasteiger partial charge in [-0.3, -0.25) is 5.43 Å². The lowest BCUT2D eigenvalue weighted by Crippen LogP contribution is -2.04. The van der Waals surface area contributed by atoms with Crippen molar-refractivity contribution >= 4 is 18.0 Å². The molecule has 0 bridgehead atoms. The zero-order valence-corrected chi connectivity index (χ0v) is 14.2. The highest BCUT2D eigenvalue weighted by molar-refractivity contribution is 5.84. The van der Waals surface area contributed by atoms with Crippen LogP contribution in [-0.4, -0.2) is 6.21 Å². The Hall–Kier alpha value is -3.13. The molecule has 1 aliphatic carbocycles. The monoisotopic (exact) mass is 324 g/mol. The van der Waals surface area contributed by atoms with Gasteiger partial charge in [-0.05, 0) is 41.3 Å². The second-order valence-corrected chi connectivity index (χ2v) is 6.32. The summed E-state index contributed by atoms with van der Waals surface area (Å²) in [5.41, 5.74) is 10.6. The first-order valence-electron chi connectivity index (χ1n) is 8.53. The average molecular weight is 324 g/mol. The Morgan fingerprint density at radius 1 is 0.800 bits per heavy atom. The molecule has 0 amide bonds. The highest BCUT2D eigenvalue weighted by Gasteiger charge is 2.25. The van der Waals surface area contributed by atoms with E-state index in [9.17, 15) is 0 Å². The summed E-state index contributed by atoms with van der Waals surface area (Å²) in [5.74, 6) is 0.301. The number of allylic oxidation sites excluding steroid dienone is 1. The lowest BCUT2D eigenvalue weighted by atomic mass is 9.86. The maximum atomic E-state index is 4.43. The fourth-order valence-corrected chi connectivity index (χ4v) is 3.47. The highest BCUT2D eigenvalue weighted by atomic mass is 15.3. The normalized spacial score (nSPS) is 15.9. The molecule has 0 saturated carbocycles. The van der Waals surface area contributed by atoms with Gasteiger partial charge in [-0.2, -0.15) is 5.10 Å². The van der Waals surface area contributed by atoms with Crippen molar-refractivity contribution in [2.24, 2.45) is 5.10 Å². The Morgan fingerprint density at radius 2 is 1.48 bits per heavy atom. The molecule has 4 rings (SSSR count). The summed E-state index contributed by atoms with van der Waals surface area (Å²) in [6, 6.07) is 27.1. The van der Waals surface area contributed by atoms with Crippen LogP contribution >= 0.6 is 0 Å². The minimum absolute atomic E-state index is 0.301. The molecular weight excluding hydrogens is 304 g/mol. The predicted octanol–water partition coefficient (Wildman–Crippen LogP) is 5.68. The number of hydrazone groups is 1. The standard InChI is InChI=1S/C23H20N2/c1-17-15-18-9-5-7-13-21(18)23(17)22-14-8-6-10-19(22)16-24-25-20-11-3-2-4-12-20/h2-16,23,25H,1H3/b24-16+. The number of anilines is 1. The summed E-state index contributed by atoms with van der Waals surface area (Å²) >= 11 is 0. The Kier molecular flexibility index (Phi) is 4.17. The van der Waals surface area contributed by atoms with Crippen LogP contribution < -0.4 is 5.43 Å². The fourth-order valence-electron chi connectivity index (χ4n) is 3.47. The van der Waals surface area contributed by atoms with Gasteiger partial charge in [-0.15, -0.1) is 0 Å². The molecule has 0 radical (unpaired) electrons. The summed E-state index contributed by atoms with van der Waals surface area (Å²) in [5, 5.41) is 4.43. The molecule has 1 unspecified atom stereocenters. The summed E-state index contributed by atoms with van der Waals surface area (Å²) < 4.78 is 0. The molecule has 0 aromatic heterocycles. The molecule has 122 valence electrons. The van der Waals surface area contributed by atoms with Crippen LogP contribution in [0.3, 0.4) is 0 Å². The molecule has 3 aromatic rings. The van der Waals surface area contributed by atoms with E-state index < -0.39 is 0 Å². The highest BCUT2D eigenvalue weighted by Crippen LogP contribution is 2.41. The number of para-hydroxylation sites is 1. The van der Waals surface area contributed by atoms with Crippen LogP contribution in [0.4, 0.5) is 5.69 Å². The molecule has 0 spiro atoms. The molecule has 0 heterocycles. The summed E-state index contributed by atoms with van der Waals surface area (Å²) in [7, 11) is 0. The number of fused-ring (bicyclic) bond motifs is 1. The van der Waals surface area contributed by atoms with E-state index in [0.717, 1.165) is 11.3 Å². The van der Waals surface area contributed by atoms with Gasteiger partial charge in [0.05, 0.1) is 11.9 Å². The van der Waals surface area contributed by atoms with Crippen molar-refractivity contribution in [1.29, 1.82) is 0 Å². The van der Waals surface area contributed by atoms with Crippen molar-refractivity contribution in [3.63, 3.8) is 0 Å². The molecule has 1 N–H and O–H groups in total. The SMILES string of the molecule is CC1=Cc2ccccc2C1c1ccccc1/C=N/Nc1ccccc1. The van der Waals surface area contributed by atoms with Crippen LogP contribution in [0.2, 0.25) is 0 Å². The molecule has 2 nitrogen and oxygen atoms in total. The van der Waals surface area contributed by atoms with Crippen molar-refractivity contribution in [1.82, 2.24) is 0 Å². The van der Waals surface area contributed by atoms with Gasteiger partial charge in [0.15, 0.2) is 0 Å². The van der Waals surface area contributed by atoms with Crippen LogP contribution in [-0.2, 0) is 0 Å². The van der Waals surface area contributed by atoms with Gasteiger partial charge in [0.1, 0.15) is 0 Å². The van der Waals surface area contributed by atoms with Crippen molar-refractivity contribution in [2.45, 2.75) is 12.8 Å². The second kappa shape index (κ2) is 6.78. The van der Waals surface area contributed by atoms with Crippen molar-refractivity contribution < 1.29 is 0 Å². The molecular formula is C23H20N2. The van der Waals surface area contributed by atoms with Crippen molar-refractivity contribution in [3.8, 4) is 0 Å². The van der Waals surface area contributed by atoms with Crippen LogP contribution in [0, 0.1) is 0 Å². The number of benzene rings is 3. The molecule has 2 heteroatoms. The second-order valence-electron chi connectivity index (χ2n) is 6.32. The first kappa shape index (κ1) is 15.4. The van der Waals surface area contributed by atoms with Crippen LogP contribution in [0.25, 0.3) is 6.08 Å². The van der Waals surface area contributed by atoms with Crippen LogP contribution in [0.5, 0.6) is 0 Å². The zero-order valence-electron chi connectivity index (χ0n) is 14.2. The Balaban J connectivity index is 1.65. The number of nitrogens with zero attached hydrogens (tertiary/aromatic N) is 1. The zero-order chi connectivity index (χ0) is 17.1. The van der Waals surface area contributed by atoms with E-state index in [2.05, 4.69) is 72.1 Å². The topological polar surface area (TPSA) is 24.4 Å². The third kappa shape index (κ3) is 3.11. The van der Waals surface area contributed by atoms with E-state index in [0.29, 0.717) is 5.92 Å². The van der Waals surface area contributed by atoms with E-state index in [1.54, 1.807) is 0 Å². The van der Waals surface area contributed by atoms with Gasteiger partial charge in [0, 0.05) is 5.92 Å². The third-order valence-corrected chi connectivity index (χ3v) is 4.62. The molecule has 0 aliphatic heterocycles. The number of hydrogen-bond donors (Lipinski definition) is 1. The fraction of sp³-hybridized carbons (Fsp3) is 0.0870. The molecule has 1 atom stereocenters. The summed E-state index contributed by atoms with van der Waals surface area (Å²) in [4.78, 5) is 0. The van der Waals surface area contributed by atoms with Gasteiger partial charge in [-0.1, -0.05) is 78.4 Å². The van der Waals surface area contributed by atoms with Gasteiger partial charge in [0.2, 0.25) is 0 Å². The summed E-state index contributed by atoms with van der Waals surface area (Å²) in [6.45, 7) is 2.21. The quantitative estimate of drug-likeness (QED) is 0.484. The minimum atomic E-state index is 0.301. The maximum Gasteiger partial charge on any atom is 0.0561 e. The molecule has 0 saturated heterocycles. The average Bonchev–Trinajstić information content (AvgIpc) is 2.99. The van der Waals surface area contributed by atoms with E-state index in [-0.39, 0.29) is 0 Å². The van der Waals surface area contributed by atoms with Gasteiger partial charge < -0.3 is 0 Å². The number of hydrogen-bond acceptors (Lipinski definition) is 2. The predicted molar refractivity (Wildman–Crippen MR) is 106 cm³/mol. The first-order chi connectivity index (χ1) is 12.3. The van der Waals surface area contributed by atoms with E-state index in [1.165, 1.54) is 22.3 Å². The van der Waals surface area contributed by atoms with E-state index in [4.69, 9.17) is 0 Å². The molecule has 1 aliphatic rings. The largest absolute Gasteiger partial charge is 0.279 e. The third-order valence-electron chi connectivity index (χ3n) is 4.62. The number of rotatable bonds is 4. The Bertz CT molecular complexity index is 939. The van der Waals surface area contributed by atoms with Crippen molar-refractivity contribution in [2.75, 3.05) is 5.43 Å². The number of nitrogens with one attached hydrogen (secondary N) is 1. The van der Waals surface area contributed by atoms with Gasteiger partial charge in [-0.25, -0.2) is 0 Å². The van der Waals surface area contributed by atoms with Crippen molar-refractivity contribution in [3.05, 3.63) is 107 Å². The van der Waals surface area contributed by atoms with E-state index >= 15 is 0 Å². The van der Waals surface area contributed by atoms with Crippen LogP contribution in [0.1, 0.15) is 35.1 Å². The molecule has 0 fully saturated rings. The van der Waals surface area contributed by atoms with Gasteiger partial charge in [0.25, 0.3) is 0 Å². The Morgan fingerprint density at radius 3 is 2.32 bits per heavy atom. The lowest BCUT2D eigenvalue weighted by Gasteiger charge is -2.17. The lowest BCUT2D eigenvalue weighted by molar-refractivity contribution is 0.974. The maximum absolute atomic E-state index is 4.43. The minimum Gasteiger partial charge on any atom is -0.279 e. The molecule has 25 heavy (non-hydrogen) atoms.